The molecule has 1 saturated heterocycles. The molecule has 12 heavy (non-hydrogen) atoms. The normalized spacial score (nSPS) is 40.1. The molecule has 2 rings (SSSR count). The van der Waals surface area contributed by atoms with Crippen LogP contribution in [-0.4, -0.2) is 39.9 Å². The number of carboxylic acid groups (broad SMARTS) is 1. The zero-order valence-corrected chi connectivity index (χ0v) is 6.81. The molecule has 0 aromatic rings. The van der Waals surface area contributed by atoms with E-state index in [4.69, 9.17) is 5.11 Å². The first-order valence-corrected chi connectivity index (χ1v) is 4.36. The van der Waals surface area contributed by atoms with Gasteiger partial charge in [0.05, 0.1) is 6.10 Å². The van der Waals surface area contributed by atoms with Gasteiger partial charge in [0, 0.05) is 12.6 Å². The van der Waals surface area contributed by atoms with E-state index in [-0.39, 0.29) is 12.1 Å². The van der Waals surface area contributed by atoms with E-state index in [0.29, 0.717) is 18.9 Å². The van der Waals surface area contributed by atoms with Crippen molar-refractivity contribution in [1.82, 2.24) is 4.90 Å². The number of carbonyl (C=O) groups is 1. The molecule has 3 atom stereocenters. The van der Waals surface area contributed by atoms with Gasteiger partial charge in [-0.2, -0.15) is 0 Å². The molecule has 4 nitrogen and oxygen atoms in total. The van der Waals surface area contributed by atoms with Crippen molar-refractivity contribution in [1.29, 1.82) is 0 Å². The maximum atomic E-state index is 10.6. The van der Waals surface area contributed by atoms with Gasteiger partial charge >= 0.3 is 6.09 Å². The topological polar surface area (TPSA) is 60.8 Å². The van der Waals surface area contributed by atoms with Gasteiger partial charge < -0.3 is 15.1 Å². The third kappa shape index (κ3) is 1.06. The Labute approximate surface area is 70.8 Å². The smallest absolute Gasteiger partial charge is 0.407 e. The van der Waals surface area contributed by atoms with Crippen molar-refractivity contribution in [2.24, 2.45) is 5.92 Å². The van der Waals surface area contributed by atoms with Crippen molar-refractivity contribution < 1.29 is 15.0 Å². The van der Waals surface area contributed by atoms with Crippen molar-refractivity contribution in [3.05, 3.63) is 0 Å². The van der Waals surface area contributed by atoms with E-state index >= 15 is 0 Å². The zero-order chi connectivity index (χ0) is 8.72. The van der Waals surface area contributed by atoms with Gasteiger partial charge in [0.15, 0.2) is 0 Å². The van der Waals surface area contributed by atoms with Crippen LogP contribution in [0.4, 0.5) is 4.79 Å². The molecule has 68 valence electrons. The SMILES string of the molecule is O=C(O)N1CC2CCC(O)CC21. The van der Waals surface area contributed by atoms with E-state index in [1.54, 1.807) is 0 Å². The van der Waals surface area contributed by atoms with Crippen LogP contribution in [0.5, 0.6) is 0 Å². The second kappa shape index (κ2) is 2.62. The number of aliphatic hydroxyl groups excluding tert-OH is 1. The minimum atomic E-state index is -0.842. The van der Waals surface area contributed by atoms with E-state index in [1.165, 1.54) is 4.90 Å². The van der Waals surface area contributed by atoms with E-state index in [9.17, 15) is 9.90 Å². The van der Waals surface area contributed by atoms with Crippen LogP contribution in [-0.2, 0) is 0 Å². The van der Waals surface area contributed by atoms with Crippen LogP contribution in [0.2, 0.25) is 0 Å². The van der Waals surface area contributed by atoms with E-state index in [0.717, 1.165) is 12.8 Å². The third-order valence-corrected chi connectivity index (χ3v) is 3.01. The lowest BCUT2D eigenvalue weighted by Crippen LogP contribution is -2.61. The summed E-state index contributed by atoms with van der Waals surface area (Å²) in [7, 11) is 0. The highest BCUT2D eigenvalue weighted by Crippen LogP contribution is 2.37. The summed E-state index contributed by atoms with van der Waals surface area (Å²) in [6.45, 7) is 0.673. The van der Waals surface area contributed by atoms with Gasteiger partial charge in [0.25, 0.3) is 0 Å². The number of nitrogens with zero attached hydrogens (tertiary/aromatic N) is 1. The minimum Gasteiger partial charge on any atom is -0.465 e. The first kappa shape index (κ1) is 7.86. The fourth-order valence-electron chi connectivity index (χ4n) is 2.25. The molecule has 0 radical (unpaired) electrons. The fourth-order valence-corrected chi connectivity index (χ4v) is 2.25. The number of hydrogen-bond donors (Lipinski definition) is 2. The van der Waals surface area contributed by atoms with Gasteiger partial charge in [0.2, 0.25) is 0 Å². The number of rotatable bonds is 0. The van der Waals surface area contributed by atoms with Crippen molar-refractivity contribution in [3.63, 3.8) is 0 Å². The van der Waals surface area contributed by atoms with Crippen LogP contribution in [0.15, 0.2) is 0 Å². The van der Waals surface area contributed by atoms with Gasteiger partial charge in [-0.3, -0.25) is 0 Å². The maximum Gasteiger partial charge on any atom is 0.407 e. The maximum absolute atomic E-state index is 10.6. The van der Waals surface area contributed by atoms with Crippen LogP contribution in [0.1, 0.15) is 19.3 Å². The summed E-state index contributed by atoms with van der Waals surface area (Å²) in [5.41, 5.74) is 0. The summed E-state index contributed by atoms with van der Waals surface area (Å²) in [6, 6.07) is 0.103. The van der Waals surface area contributed by atoms with Crippen LogP contribution < -0.4 is 0 Å². The first-order valence-electron chi connectivity index (χ1n) is 4.36. The number of amides is 1. The van der Waals surface area contributed by atoms with Crippen molar-refractivity contribution in [2.45, 2.75) is 31.4 Å². The largest absolute Gasteiger partial charge is 0.465 e. The Kier molecular flexibility index (Phi) is 1.72. The standard InChI is InChI=1S/C8H13NO3/c10-6-2-1-5-4-9(8(11)12)7(5)3-6/h5-7,10H,1-4H2,(H,11,12). The molecule has 0 bridgehead atoms. The Morgan fingerprint density at radius 1 is 1.42 bits per heavy atom. The van der Waals surface area contributed by atoms with E-state index in [2.05, 4.69) is 0 Å². The predicted molar refractivity (Wildman–Crippen MR) is 41.9 cm³/mol. The Hall–Kier alpha value is -0.770. The highest BCUT2D eigenvalue weighted by atomic mass is 16.4. The summed E-state index contributed by atoms with van der Waals surface area (Å²) >= 11 is 0. The molecule has 0 aromatic carbocycles. The van der Waals surface area contributed by atoms with Crippen molar-refractivity contribution >= 4 is 6.09 Å². The molecule has 2 aliphatic rings. The molecular formula is C8H13NO3. The Morgan fingerprint density at radius 2 is 2.17 bits per heavy atom. The Bertz CT molecular complexity index is 206. The number of likely N-dealkylation sites (tertiary alicyclic amines) is 1. The van der Waals surface area contributed by atoms with E-state index in [1.807, 2.05) is 0 Å². The lowest BCUT2D eigenvalue weighted by Gasteiger charge is -2.50. The molecule has 0 aromatic heterocycles. The van der Waals surface area contributed by atoms with Gasteiger partial charge in [0.1, 0.15) is 0 Å². The second-order valence-electron chi connectivity index (χ2n) is 3.73. The minimum absolute atomic E-state index is 0.103. The van der Waals surface area contributed by atoms with Crippen LogP contribution in [0.25, 0.3) is 0 Å². The summed E-state index contributed by atoms with van der Waals surface area (Å²) in [4.78, 5) is 12.0. The lowest BCUT2D eigenvalue weighted by molar-refractivity contribution is -0.0406. The number of hydrogen-bond acceptors (Lipinski definition) is 2. The zero-order valence-electron chi connectivity index (χ0n) is 6.81. The van der Waals surface area contributed by atoms with E-state index < -0.39 is 6.09 Å². The first-order chi connectivity index (χ1) is 5.68. The lowest BCUT2D eigenvalue weighted by atomic mass is 9.76. The summed E-state index contributed by atoms with van der Waals surface area (Å²) in [5, 5.41) is 18.0. The summed E-state index contributed by atoms with van der Waals surface area (Å²) < 4.78 is 0. The molecular weight excluding hydrogens is 158 g/mol. The van der Waals surface area contributed by atoms with Gasteiger partial charge in [-0.25, -0.2) is 4.79 Å². The molecule has 1 heterocycles. The number of aliphatic hydroxyl groups is 1. The van der Waals surface area contributed by atoms with Gasteiger partial charge in [-0.1, -0.05) is 0 Å². The fraction of sp³-hybridized carbons (Fsp3) is 0.875. The highest BCUT2D eigenvalue weighted by Gasteiger charge is 2.44. The second-order valence-corrected chi connectivity index (χ2v) is 3.73. The quantitative estimate of drug-likeness (QED) is 0.558. The van der Waals surface area contributed by atoms with Crippen LogP contribution >= 0.6 is 0 Å². The molecule has 2 fully saturated rings. The molecule has 0 spiro atoms. The molecule has 1 amide bonds. The molecule has 4 heteroatoms. The highest BCUT2D eigenvalue weighted by molar-refractivity contribution is 5.66. The Morgan fingerprint density at radius 3 is 2.83 bits per heavy atom. The monoisotopic (exact) mass is 171 g/mol. The summed E-state index contributed by atoms with van der Waals surface area (Å²) in [5.74, 6) is 0.518. The molecule has 1 aliphatic carbocycles. The number of fused-ring (bicyclic) bond motifs is 1. The van der Waals surface area contributed by atoms with Crippen molar-refractivity contribution in [2.75, 3.05) is 6.54 Å². The molecule has 3 unspecified atom stereocenters. The van der Waals surface area contributed by atoms with Crippen LogP contribution in [0.3, 0.4) is 0 Å². The Balaban J connectivity index is 1.97. The van der Waals surface area contributed by atoms with Crippen molar-refractivity contribution in [3.8, 4) is 0 Å². The molecule has 1 aliphatic heterocycles. The molecule has 1 saturated carbocycles. The average Bonchev–Trinajstić information content (AvgIpc) is 1.95. The van der Waals surface area contributed by atoms with Crippen LogP contribution in [0, 0.1) is 5.92 Å². The summed E-state index contributed by atoms with van der Waals surface area (Å²) in [6.07, 6.45) is 1.33. The average molecular weight is 171 g/mol. The van der Waals surface area contributed by atoms with Gasteiger partial charge in [-0.05, 0) is 25.2 Å². The third-order valence-electron chi connectivity index (χ3n) is 3.01. The predicted octanol–water partition coefficient (Wildman–Crippen LogP) is 0.510. The molecule has 2 N–H and O–H groups in total. The van der Waals surface area contributed by atoms with Gasteiger partial charge in [-0.15, -0.1) is 0 Å².